The third-order valence-corrected chi connectivity index (χ3v) is 1.50. The minimum atomic E-state index is 0. The summed E-state index contributed by atoms with van der Waals surface area (Å²) in [5.41, 5.74) is 0. The molecule has 0 saturated heterocycles. The second-order valence-corrected chi connectivity index (χ2v) is 2.12. The molecule has 0 heteroatoms. The molecule has 1 saturated carbocycles. The lowest BCUT2D eigenvalue weighted by Crippen LogP contribution is -1.85. The van der Waals surface area contributed by atoms with Gasteiger partial charge in [-0.3, -0.25) is 0 Å². The van der Waals surface area contributed by atoms with Crippen molar-refractivity contribution in [3.8, 4) is 0 Å². The van der Waals surface area contributed by atoms with E-state index in [0.717, 1.165) is 0 Å². The van der Waals surface area contributed by atoms with E-state index in [0.29, 0.717) is 0 Å². The average Bonchev–Trinajstić information content (AvgIpc) is 1.72. The monoisotopic (exact) mass is 85.1 g/mol. The predicted octanol–water partition coefficient (Wildman–Crippen LogP) is 2.45. The first-order valence-corrected chi connectivity index (χ1v) is 3.00. The molecule has 0 aliphatic heterocycles. The highest BCUT2D eigenvalue weighted by atomic mass is 14.0. The maximum atomic E-state index is 1.50. The van der Waals surface area contributed by atoms with Gasteiger partial charge in [0.25, 0.3) is 0 Å². The molecule has 0 amide bonds. The highest BCUT2D eigenvalue weighted by Crippen LogP contribution is 2.15. The zero-order chi connectivity index (χ0) is 4.24. The molecular weight excluding hydrogens is 72.1 g/mol. The summed E-state index contributed by atoms with van der Waals surface area (Å²) in [5.74, 6) is 0. The Labute approximate surface area is 41.0 Å². The fourth-order valence-corrected chi connectivity index (χ4v) is 1.06. The lowest BCUT2D eigenvalue weighted by atomic mass is 10.0. The maximum absolute atomic E-state index is 1.50. The predicted molar refractivity (Wildman–Crippen MR) is 28.8 cm³/mol. The summed E-state index contributed by atoms with van der Waals surface area (Å²) < 4.78 is 0. The van der Waals surface area contributed by atoms with Gasteiger partial charge in [-0.25, -0.2) is 0 Å². The molecule has 1 fully saturated rings. The Morgan fingerprint density at radius 1 is 0.500 bits per heavy atom. The van der Waals surface area contributed by atoms with Crippen LogP contribution in [0, 0.1) is 0 Å². The third-order valence-electron chi connectivity index (χ3n) is 1.50. The van der Waals surface area contributed by atoms with Crippen molar-refractivity contribution >= 4 is 0 Å². The first-order valence-electron chi connectivity index (χ1n) is 3.00. The van der Waals surface area contributed by atoms with Crippen LogP contribution in [0.1, 0.15) is 40.0 Å². The summed E-state index contributed by atoms with van der Waals surface area (Å²) in [4.78, 5) is 0. The van der Waals surface area contributed by atoms with E-state index in [2.05, 4.69) is 0 Å². The highest BCUT2D eigenvalue weighted by Gasteiger charge is 1.95. The van der Waals surface area contributed by atoms with Crippen LogP contribution in [0.3, 0.4) is 0 Å². The Kier molecular flexibility index (Phi) is 1.54. The Hall–Kier alpha value is 0. The molecule has 0 unspecified atom stereocenters. The summed E-state index contributed by atoms with van der Waals surface area (Å²) in [7, 11) is 0. The smallest absolute Gasteiger partial charge is 0 e. The van der Waals surface area contributed by atoms with E-state index in [4.69, 9.17) is 0 Å². The van der Waals surface area contributed by atoms with Gasteiger partial charge in [0.1, 0.15) is 0 Å². The maximum Gasteiger partial charge on any atom is 0 e. The van der Waals surface area contributed by atoms with Crippen molar-refractivity contribution in [2.45, 2.75) is 38.5 Å². The SMILES string of the molecule is C1CCCCC1.[H]. The first-order chi connectivity index (χ1) is 3.00. The molecule has 0 heterocycles. The van der Waals surface area contributed by atoms with Crippen molar-refractivity contribution in [3.05, 3.63) is 0 Å². The van der Waals surface area contributed by atoms with Crippen LogP contribution in [0.25, 0.3) is 0 Å². The van der Waals surface area contributed by atoms with Crippen LogP contribution in [0.5, 0.6) is 0 Å². The molecule has 0 nitrogen and oxygen atoms in total. The number of rotatable bonds is 0. The fourth-order valence-electron chi connectivity index (χ4n) is 1.06. The van der Waals surface area contributed by atoms with Crippen molar-refractivity contribution in [2.24, 2.45) is 0 Å². The Morgan fingerprint density at radius 2 is 0.667 bits per heavy atom. The van der Waals surface area contributed by atoms with E-state index in [9.17, 15) is 0 Å². The van der Waals surface area contributed by atoms with Crippen LogP contribution in [-0.2, 0) is 0 Å². The quantitative estimate of drug-likeness (QED) is 0.424. The van der Waals surface area contributed by atoms with Gasteiger partial charge in [0, 0.05) is 1.43 Å². The third kappa shape index (κ3) is 1.00. The minimum Gasteiger partial charge on any atom is -0.0533 e. The van der Waals surface area contributed by atoms with Crippen molar-refractivity contribution < 1.29 is 1.43 Å². The molecule has 37 valence electrons. The molecular formula is C6H13. The van der Waals surface area contributed by atoms with Gasteiger partial charge in [0.2, 0.25) is 0 Å². The van der Waals surface area contributed by atoms with Crippen LogP contribution in [0.2, 0.25) is 0 Å². The Bertz CT molecular complexity index is 19.7. The highest BCUT2D eigenvalue weighted by molar-refractivity contribution is 4.51. The summed E-state index contributed by atoms with van der Waals surface area (Å²) in [5, 5.41) is 0. The second kappa shape index (κ2) is 2.22. The molecule has 1 aliphatic carbocycles. The molecule has 6 heavy (non-hydrogen) atoms. The van der Waals surface area contributed by atoms with Gasteiger partial charge in [0.15, 0.2) is 0 Å². The molecule has 0 N–H and O–H groups in total. The fraction of sp³-hybridized carbons (Fsp3) is 1.00. The van der Waals surface area contributed by atoms with Gasteiger partial charge in [-0.15, -0.1) is 0 Å². The zero-order valence-corrected chi connectivity index (χ0v) is 4.24. The van der Waals surface area contributed by atoms with E-state index < -0.39 is 0 Å². The lowest BCUT2D eigenvalue weighted by Gasteiger charge is -2.05. The van der Waals surface area contributed by atoms with Crippen molar-refractivity contribution in [3.63, 3.8) is 0 Å². The van der Waals surface area contributed by atoms with Crippen LogP contribution in [-0.4, -0.2) is 0 Å². The summed E-state index contributed by atoms with van der Waals surface area (Å²) in [6.07, 6.45) is 9.00. The van der Waals surface area contributed by atoms with Gasteiger partial charge in [-0.1, -0.05) is 38.5 Å². The van der Waals surface area contributed by atoms with Crippen molar-refractivity contribution in [1.29, 1.82) is 0 Å². The molecule has 0 spiro atoms. The molecule has 1 aliphatic rings. The number of hydrogen-bond acceptors (Lipinski definition) is 0. The molecule has 0 atom stereocenters. The molecule has 0 aromatic carbocycles. The largest absolute Gasteiger partial charge is 0.0533 e. The van der Waals surface area contributed by atoms with Crippen LogP contribution >= 0.6 is 0 Å². The topological polar surface area (TPSA) is 0 Å². The first kappa shape index (κ1) is 4.17. The summed E-state index contributed by atoms with van der Waals surface area (Å²) in [6.45, 7) is 0. The second-order valence-electron chi connectivity index (χ2n) is 2.12. The standard InChI is InChI=1S/C6H12.H/c1-2-4-6-5-3-1;/h1-6H2;. The van der Waals surface area contributed by atoms with Crippen LogP contribution < -0.4 is 0 Å². The van der Waals surface area contributed by atoms with Crippen LogP contribution in [0.4, 0.5) is 0 Å². The van der Waals surface area contributed by atoms with E-state index in [1.807, 2.05) is 0 Å². The molecule has 0 aromatic rings. The average molecular weight is 85.2 g/mol. The van der Waals surface area contributed by atoms with E-state index in [-0.39, 0.29) is 1.43 Å². The Morgan fingerprint density at radius 3 is 0.833 bits per heavy atom. The Balaban J connectivity index is 0.000000360. The molecule has 1 radical (unpaired) electrons. The molecule has 0 bridgehead atoms. The van der Waals surface area contributed by atoms with Gasteiger partial charge in [0.05, 0.1) is 0 Å². The van der Waals surface area contributed by atoms with E-state index in [1.165, 1.54) is 38.5 Å². The normalized spacial score (nSPS) is 24.0. The zero-order valence-electron chi connectivity index (χ0n) is 5.24. The summed E-state index contributed by atoms with van der Waals surface area (Å²) >= 11 is 0. The minimum absolute atomic E-state index is 0. The van der Waals surface area contributed by atoms with Gasteiger partial charge in [-0.2, -0.15) is 0 Å². The lowest BCUT2D eigenvalue weighted by molar-refractivity contribution is 0.504. The van der Waals surface area contributed by atoms with Gasteiger partial charge < -0.3 is 0 Å². The van der Waals surface area contributed by atoms with Gasteiger partial charge in [-0.05, 0) is 0 Å². The van der Waals surface area contributed by atoms with Crippen LogP contribution in [0.15, 0.2) is 0 Å². The van der Waals surface area contributed by atoms with E-state index in [1.54, 1.807) is 0 Å². The summed E-state index contributed by atoms with van der Waals surface area (Å²) in [6, 6.07) is 0. The van der Waals surface area contributed by atoms with Crippen molar-refractivity contribution in [1.82, 2.24) is 0 Å². The molecule has 1 rings (SSSR count). The molecule has 0 aromatic heterocycles. The van der Waals surface area contributed by atoms with Crippen molar-refractivity contribution in [2.75, 3.05) is 0 Å². The van der Waals surface area contributed by atoms with Gasteiger partial charge >= 0.3 is 0 Å². The number of hydrogen-bond donors (Lipinski definition) is 0. The van der Waals surface area contributed by atoms with E-state index >= 15 is 0 Å².